The molecule has 0 saturated heterocycles. The van der Waals surface area contributed by atoms with Gasteiger partial charge >= 0.3 is 17.5 Å². The van der Waals surface area contributed by atoms with E-state index >= 15 is 0 Å². The number of anilines is 3. The largest absolute Gasteiger partial charge is 0.482 e. The standard InChI is InChI=1S/C14H19NO2.C14H19NO.C13H17NO2.C12H16N2O.C12H15NO2.C12H15NS.C12H15N.C12H14S/c1-9(2)7-11-5-6-13-12(8-11)15(10(3)4)14(16)17-13;1-10(2)8-11-4-5-12-6-7-14(16)15(3)13(12)9-11;1-4-14-11-8-10(7-9(2)3)5-6-12(11)16-13(14)15;1-8(2)5-9-3-4-10-7-13-12(15)14-11(10)6-9;1-8(2)5-9-3-4-10-11(6-9)15-7-12(14)13-10;1-8(2)6-10-4-5-12-11(7-10)9(3)13-14-12;2*1-9(2)7-10-3-4-12-11(8-10)5-6-13-12/h5-6,8-10H,7H2,1-4H3;4-5,9-10H,6-8H2,1-3H3;5-6,8-9H,4,7H2,1-3H3;3-4,6,8H,5,7H2,1-2H3,(H2,13,14,15);3-4,6,8H,5,7H2,1-2H3,(H,13,14);4-5,7-8H,6H2,1-3H3;3-6,8-9,13H,7H2,1-2H3;3-6,8-9H,7H2,1-2H3. The summed E-state index contributed by atoms with van der Waals surface area (Å²) in [5.41, 5.74) is 21.5. The van der Waals surface area contributed by atoms with Crippen molar-refractivity contribution < 1.29 is 28.0 Å². The van der Waals surface area contributed by atoms with Crippen molar-refractivity contribution in [1.82, 2.24) is 23.8 Å². The number of ether oxygens (including phenoxy) is 1. The van der Waals surface area contributed by atoms with Gasteiger partial charge in [-0.05, 0) is 307 Å². The highest BCUT2D eigenvalue weighted by molar-refractivity contribution is 7.17. The molecule has 13 aromatic rings. The third-order valence-corrected chi connectivity index (χ3v) is 22.1. The van der Waals surface area contributed by atoms with Gasteiger partial charge in [-0.2, -0.15) is 4.37 Å². The number of carbonyl (C=O) groups is 3. The molecule has 0 spiro atoms. The number of amides is 4. The minimum Gasteiger partial charge on any atom is -0.482 e. The molecule has 0 saturated carbocycles. The third kappa shape index (κ3) is 27.9. The molecule has 0 aliphatic carbocycles. The monoisotopic (exact) mass is 1650 g/mol. The molecule has 4 N–H and O–H groups in total. The number of hydrogen-bond acceptors (Lipinski definition) is 11. The highest BCUT2D eigenvalue weighted by Crippen LogP contribution is 2.33. The van der Waals surface area contributed by atoms with Crippen LogP contribution in [0.5, 0.6) is 5.75 Å². The Morgan fingerprint density at radius 3 is 1.54 bits per heavy atom. The lowest BCUT2D eigenvalue weighted by molar-refractivity contribution is -0.119. The van der Waals surface area contributed by atoms with Gasteiger partial charge < -0.3 is 39.4 Å². The van der Waals surface area contributed by atoms with Crippen LogP contribution >= 0.6 is 22.9 Å². The second-order valence-electron chi connectivity index (χ2n) is 35.5. The quantitative estimate of drug-likeness (QED) is 0.0645. The van der Waals surface area contributed by atoms with Crippen molar-refractivity contribution in [2.45, 2.75) is 222 Å². The summed E-state index contributed by atoms with van der Waals surface area (Å²) in [6, 6.07) is 55.2. The Morgan fingerprint density at radius 2 is 0.950 bits per heavy atom. The maximum absolute atomic E-state index is 11.7. The Kier molecular flexibility index (Phi) is 34.3. The molecule has 0 bridgehead atoms. The molecule has 3 aliphatic heterocycles. The molecule has 16 rings (SSSR count). The molecule has 0 radical (unpaired) electrons. The summed E-state index contributed by atoms with van der Waals surface area (Å²) < 4.78 is 26.2. The molecular weight excluding hydrogens is 1520 g/mol. The van der Waals surface area contributed by atoms with Crippen molar-refractivity contribution in [1.29, 1.82) is 0 Å². The number of thiophene rings is 1. The van der Waals surface area contributed by atoms with E-state index in [2.05, 4.69) is 264 Å². The highest BCUT2D eigenvalue weighted by atomic mass is 32.1. The van der Waals surface area contributed by atoms with E-state index in [1.807, 2.05) is 87.8 Å². The molecule has 8 heterocycles. The summed E-state index contributed by atoms with van der Waals surface area (Å²) in [6.45, 7) is 44.9. The zero-order chi connectivity index (χ0) is 86.3. The third-order valence-electron chi connectivity index (χ3n) is 20.3. The number of hydrogen-bond donors (Lipinski definition) is 4. The van der Waals surface area contributed by atoms with Gasteiger partial charge in [0.1, 0.15) is 5.75 Å². The Balaban J connectivity index is 0.000000155. The lowest BCUT2D eigenvalue weighted by Crippen LogP contribution is -2.33. The summed E-state index contributed by atoms with van der Waals surface area (Å²) >= 11 is 3.41. The van der Waals surface area contributed by atoms with Crippen molar-refractivity contribution in [2.24, 2.45) is 47.3 Å². The summed E-state index contributed by atoms with van der Waals surface area (Å²) in [7, 11) is 1.87. The Labute approximate surface area is 714 Å². The van der Waals surface area contributed by atoms with Crippen molar-refractivity contribution in [3.8, 4) is 5.75 Å². The van der Waals surface area contributed by atoms with Crippen molar-refractivity contribution in [3.63, 3.8) is 0 Å². The van der Waals surface area contributed by atoms with Crippen LogP contribution in [0.15, 0.2) is 188 Å². The first kappa shape index (κ1) is 92.6. The van der Waals surface area contributed by atoms with Gasteiger partial charge in [0.25, 0.3) is 5.91 Å². The van der Waals surface area contributed by atoms with E-state index in [1.54, 1.807) is 25.6 Å². The van der Waals surface area contributed by atoms with Crippen molar-refractivity contribution in [3.05, 3.63) is 252 Å². The Morgan fingerprint density at radius 1 is 0.462 bits per heavy atom. The predicted octanol–water partition coefficient (Wildman–Crippen LogP) is 25.0. The topological polar surface area (TPSA) is 199 Å². The number of rotatable bonds is 18. The van der Waals surface area contributed by atoms with Gasteiger partial charge in [0.15, 0.2) is 17.8 Å². The normalized spacial score (nSPS) is 12.8. The number of oxazole rings is 2. The van der Waals surface area contributed by atoms with E-state index in [-0.39, 0.29) is 42.0 Å². The Bertz CT molecular complexity index is 5520. The van der Waals surface area contributed by atoms with Gasteiger partial charge in [-0.15, -0.1) is 11.3 Å². The molecule has 0 unspecified atom stereocenters. The number of aromatic amines is 1. The van der Waals surface area contributed by atoms with Crippen molar-refractivity contribution >= 4 is 111 Å². The van der Waals surface area contributed by atoms with Crippen LogP contribution in [0.2, 0.25) is 0 Å². The molecule has 18 heteroatoms. The molecule has 16 nitrogen and oxygen atoms in total. The van der Waals surface area contributed by atoms with Gasteiger partial charge in [-0.25, -0.2) is 14.4 Å². The molecular formula is C101H130N8O8S2. The molecule has 0 atom stereocenters. The second kappa shape index (κ2) is 44.1. The SMILES string of the molecule is CC(C)Cc1ccc2[nH]ccc2c1.CC(C)Cc1ccc2c(c1)N(C)C(=O)CC2.CC(C)Cc1ccc2c(c1)NC(=O)NC2.CC(C)Cc1ccc2c(c1)OCC(=O)N2.CC(C)Cc1ccc2oc(=O)n(C(C)C)c2c1.CC(C)Cc1ccc2sccc2c1.CCn1c(=O)oc2ccc(CC(C)C)cc21.Cc1nsc2ccc(CC(C)C)cc12. The fourth-order valence-electron chi connectivity index (χ4n) is 15.0. The lowest BCUT2D eigenvalue weighted by atomic mass is 9.96. The van der Waals surface area contributed by atoms with E-state index in [9.17, 15) is 24.0 Å². The second-order valence-corrected chi connectivity index (χ2v) is 37.3. The van der Waals surface area contributed by atoms with Crippen LogP contribution in [-0.4, -0.2) is 50.0 Å². The van der Waals surface area contributed by atoms with Gasteiger partial charge in [0.2, 0.25) is 5.91 Å². The molecule has 3 aliphatic rings. The number of nitrogens with zero attached hydrogens (tertiary/aromatic N) is 4. The number of fused-ring (bicyclic) bond motifs is 8. The average Bonchev–Trinajstić information content (AvgIpc) is 1.69. The fraction of sp³-hybridized carbons (Fsp3) is 0.426. The molecule has 5 aromatic heterocycles. The van der Waals surface area contributed by atoms with Crippen LogP contribution in [0.3, 0.4) is 0 Å². The minimum absolute atomic E-state index is 0.0842. The van der Waals surface area contributed by atoms with Gasteiger partial charge in [0, 0.05) is 65.8 Å². The summed E-state index contributed by atoms with van der Waals surface area (Å²) in [4.78, 5) is 62.0. The van der Waals surface area contributed by atoms with Crippen LogP contribution < -0.4 is 37.1 Å². The molecule has 4 amide bonds. The minimum atomic E-state index is -0.267. The van der Waals surface area contributed by atoms with Gasteiger partial charge in [-0.1, -0.05) is 178 Å². The van der Waals surface area contributed by atoms with E-state index in [0.29, 0.717) is 60.3 Å². The smallest absolute Gasteiger partial charge is 0.420 e. The first-order chi connectivity index (χ1) is 56.6. The van der Waals surface area contributed by atoms with Crippen LogP contribution in [-0.2, 0) is 80.5 Å². The average molecular weight is 1650 g/mol. The summed E-state index contributed by atoms with van der Waals surface area (Å²) in [6.07, 6.45) is 12.2. The highest BCUT2D eigenvalue weighted by Gasteiger charge is 2.22. The number of H-pyrrole nitrogens is 1. The number of aryl methyl sites for hydroxylation is 3. The zero-order valence-corrected chi connectivity index (χ0v) is 76.1. The first-order valence-electron chi connectivity index (χ1n) is 42.9. The predicted molar refractivity (Wildman–Crippen MR) is 501 cm³/mol. The number of carbonyl (C=O) groups excluding carboxylic acids is 3. The van der Waals surface area contributed by atoms with Gasteiger partial charge in [0.05, 0.1) is 27.1 Å². The van der Waals surface area contributed by atoms with E-state index < -0.39 is 0 Å². The molecule has 634 valence electrons. The van der Waals surface area contributed by atoms with E-state index in [1.165, 1.54) is 94.0 Å². The number of urea groups is 1. The number of nitrogens with one attached hydrogen (secondary N) is 4. The van der Waals surface area contributed by atoms with Crippen LogP contribution in [0.4, 0.5) is 21.9 Å². The maximum atomic E-state index is 11.7. The summed E-state index contributed by atoms with van der Waals surface area (Å²) in [5.74, 6) is 5.75. The van der Waals surface area contributed by atoms with E-state index in [0.717, 1.165) is 108 Å². The lowest BCUT2D eigenvalue weighted by Gasteiger charge is -2.26. The molecule has 8 aromatic carbocycles. The molecule has 0 fully saturated rings. The first-order valence-corrected chi connectivity index (χ1v) is 44.5. The number of aromatic nitrogens is 4. The van der Waals surface area contributed by atoms with E-state index in [4.69, 9.17) is 13.6 Å². The fourth-order valence-corrected chi connectivity index (χ4v) is 16.6. The van der Waals surface area contributed by atoms with Crippen LogP contribution in [0.25, 0.3) is 53.3 Å². The van der Waals surface area contributed by atoms with Gasteiger partial charge in [-0.3, -0.25) is 18.7 Å². The number of benzene rings is 8. The van der Waals surface area contributed by atoms with Crippen LogP contribution in [0, 0.1) is 54.3 Å². The summed E-state index contributed by atoms with van der Waals surface area (Å²) in [5, 5.41) is 14.5. The zero-order valence-electron chi connectivity index (χ0n) is 74.4. The maximum Gasteiger partial charge on any atom is 0.420 e. The van der Waals surface area contributed by atoms with Crippen LogP contribution in [0.1, 0.15) is 205 Å². The molecule has 119 heavy (non-hydrogen) atoms. The Hall–Kier alpha value is -10.3. The van der Waals surface area contributed by atoms with Crippen molar-refractivity contribution in [2.75, 3.05) is 29.2 Å².